The molecule has 1 rings (SSSR count). The summed E-state index contributed by atoms with van der Waals surface area (Å²) in [5, 5.41) is 10.7. The van der Waals surface area contributed by atoms with Crippen molar-refractivity contribution in [3.8, 4) is 6.07 Å². The standard InChI is InChI=1S/C10H8N2O/c1-2-8-5-3-4-6-9(8)12-10(13)7-11/h2-6H,1H2,(H,12,13). The van der Waals surface area contributed by atoms with Gasteiger partial charge in [-0.2, -0.15) is 5.26 Å². The highest BCUT2D eigenvalue weighted by molar-refractivity contribution is 6.03. The van der Waals surface area contributed by atoms with Crippen LogP contribution in [-0.4, -0.2) is 5.91 Å². The quantitative estimate of drug-likeness (QED) is 0.691. The first-order valence-corrected chi connectivity index (χ1v) is 3.70. The molecule has 0 aliphatic heterocycles. The van der Waals surface area contributed by atoms with Crippen LogP contribution < -0.4 is 5.32 Å². The predicted molar refractivity (Wildman–Crippen MR) is 50.8 cm³/mol. The van der Waals surface area contributed by atoms with Crippen LogP contribution in [-0.2, 0) is 4.79 Å². The van der Waals surface area contributed by atoms with Crippen LogP contribution in [0.15, 0.2) is 30.8 Å². The Morgan fingerprint density at radius 3 is 2.85 bits per heavy atom. The van der Waals surface area contributed by atoms with Crippen molar-refractivity contribution in [2.45, 2.75) is 0 Å². The highest BCUT2D eigenvalue weighted by atomic mass is 16.1. The van der Waals surface area contributed by atoms with Gasteiger partial charge in [0.15, 0.2) is 6.07 Å². The van der Waals surface area contributed by atoms with E-state index in [2.05, 4.69) is 11.9 Å². The normalized spacial score (nSPS) is 8.54. The molecule has 0 aromatic heterocycles. The van der Waals surface area contributed by atoms with Crippen LogP contribution in [0.4, 0.5) is 5.69 Å². The Kier molecular flexibility index (Phi) is 2.82. The number of benzene rings is 1. The third-order valence-electron chi connectivity index (χ3n) is 1.53. The summed E-state index contributed by atoms with van der Waals surface area (Å²) in [4.78, 5) is 10.7. The predicted octanol–water partition coefficient (Wildman–Crippen LogP) is 1.79. The highest BCUT2D eigenvalue weighted by Gasteiger charge is 2.01. The second kappa shape index (κ2) is 4.07. The molecule has 0 saturated carbocycles. The average Bonchev–Trinajstić information content (AvgIpc) is 2.18. The van der Waals surface area contributed by atoms with Gasteiger partial charge in [0.1, 0.15) is 0 Å². The van der Waals surface area contributed by atoms with Crippen LogP contribution in [0.2, 0.25) is 0 Å². The van der Waals surface area contributed by atoms with E-state index in [9.17, 15) is 4.79 Å². The molecule has 0 atom stereocenters. The minimum Gasteiger partial charge on any atom is -0.313 e. The van der Waals surface area contributed by atoms with E-state index in [-0.39, 0.29) is 0 Å². The summed E-state index contributed by atoms with van der Waals surface area (Å²) in [6.07, 6.45) is 1.62. The maximum Gasteiger partial charge on any atom is 0.326 e. The number of nitrogens with zero attached hydrogens (tertiary/aromatic N) is 1. The van der Waals surface area contributed by atoms with Gasteiger partial charge in [0, 0.05) is 5.69 Å². The van der Waals surface area contributed by atoms with Crippen LogP contribution in [0, 0.1) is 11.3 Å². The summed E-state index contributed by atoms with van der Waals surface area (Å²) in [5.41, 5.74) is 1.40. The lowest BCUT2D eigenvalue weighted by Gasteiger charge is -2.03. The number of amides is 1. The van der Waals surface area contributed by atoms with Gasteiger partial charge in [-0.1, -0.05) is 30.9 Å². The maximum atomic E-state index is 10.7. The molecule has 3 nitrogen and oxygen atoms in total. The summed E-state index contributed by atoms with van der Waals surface area (Å²) in [6.45, 7) is 3.59. The maximum absolute atomic E-state index is 10.7. The van der Waals surface area contributed by atoms with Gasteiger partial charge in [0.2, 0.25) is 0 Å². The van der Waals surface area contributed by atoms with Gasteiger partial charge in [-0.3, -0.25) is 4.79 Å². The van der Waals surface area contributed by atoms with Crippen LogP contribution in [0.25, 0.3) is 6.08 Å². The number of rotatable bonds is 2. The molecule has 0 aliphatic carbocycles. The lowest BCUT2D eigenvalue weighted by Crippen LogP contribution is -2.08. The fourth-order valence-corrected chi connectivity index (χ4v) is 0.939. The fourth-order valence-electron chi connectivity index (χ4n) is 0.939. The fraction of sp³-hybridized carbons (Fsp3) is 0. The largest absolute Gasteiger partial charge is 0.326 e. The van der Waals surface area contributed by atoms with Gasteiger partial charge in [-0.25, -0.2) is 0 Å². The molecule has 0 fully saturated rings. The van der Waals surface area contributed by atoms with E-state index in [1.807, 2.05) is 6.07 Å². The number of para-hydroxylation sites is 1. The molecule has 1 aromatic carbocycles. The second-order valence-corrected chi connectivity index (χ2v) is 2.36. The first-order valence-electron chi connectivity index (χ1n) is 3.70. The van der Waals surface area contributed by atoms with E-state index in [0.29, 0.717) is 5.69 Å². The van der Waals surface area contributed by atoms with Gasteiger partial charge in [0.05, 0.1) is 0 Å². The number of hydrogen-bond acceptors (Lipinski definition) is 2. The Morgan fingerprint density at radius 2 is 2.23 bits per heavy atom. The van der Waals surface area contributed by atoms with E-state index in [1.54, 1.807) is 24.3 Å². The van der Waals surface area contributed by atoms with Crippen LogP contribution in [0.1, 0.15) is 5.56 Å². The zero-order valence-electron chi connectivity index (χ0n) is 6.95. The van der Waals surface area contributed by atoms with E-state index >= 15 is 0 Å². The summed E-state index contributed by atoms with van der Waals surface area (Å²) in [5.74, 6) is -0.672. The van der Waals surface area contributed by atoms with Crippen molar-refractivity contribution in [3.05, 3.63) is 36.4 Å². The SMILES string of the molecule is C=Cc1ccccc1NC(=O)C#N. The third-order valence-corrected chi connectivity index (χ3v) is 1.53. The Labute approximate surface area is 76.3 Å². The van der Waals surface area contributed by atoms with Crippen LogP contribution in [0.3, 0.4) is 0 Å². The topological polar surface area (TPSA) is 52.9 Å². The molecule has 3 heteroatoms. The van der Waals surface area contributed by atoms with Crippen LogP contribution >= 0.6 is 0 Å². The molecule has 0 heterocycles. The van der Waals surface area contributed by atoms with Crippen molar-refractivity contribution in [1.29, 1.82) is 5.26 Å². The molecule has 0 radical (unpaired) electrons. The highest BCUT2D eigenvalue weighted by Crippen LogP contribution is 2.15. The molecular weight excluding hydrogens is 164 g/mol. The van der Waals surface area contributed by atoms with Crippen molar-refractivity contribution in [2.24, 2.45) is 0 Å². The van der Waals surface area contributed by atoms with E-state index in [4.69, 9.17) is 5.26 Å². The summed E-state index contributed by atoms with van der Waals surface area (Å²) in [7, 11) is 0. The van der Waals surface area contributed by atoms with Gasteiger partial charge in [0.25, 0.3) is 0 Å². The first kappa shape index (κ1) is 9.01. The Morgan fingerprint density at radius 1 is 1.54 bits per heavy atom. The minimum absolute atomic E-state index is 0.601. The molecule has 1 aromatic rings. The molecular formula is C10H8N2O. The van der Waals surface area contributed by atoms with E-state index < -0.39 is 5.91 Å². The molecule has 1 N–H and O–H groups in total. The van der Waals surface area contributed by atoms with Crippen molar-refractivity contribution in [1.82, 2.24) is 0 Å². The molecule has 1 amide bonds. The number of carbonyl (C=O) groups is 1. The zero-order valence-corrected chi connectivity index (χ0v) is 6.95. The summed E-state index contributed by atoms with van der Waals surface area (Å²) < 4.78 is 0. The molecule has 64 valence electrons. The van der Waals surface area contributed by atoms with Crippen molar-refractivity contribution in [3.63, 3.8) is 0 Å². The Balaban J connectivity index is 2.95. The second-order valence-electron chi connectivity index (χ2n) is 2.36. The van der Waals surface area contributed by atoms with Crippen molar-refractivity contribution >= 4 is 17.7 Å². The monoisotopic (exact) mass is 172 g/mol. The van der Waals surface area contributed by atoms with Gasteiger partial charge in [-0.15, -0.1) is 0 Å². The smallest absolute Gasteiger partial charge is 0.313 e. The molecule has 0 bridgehead atoms. The number of hydrogen-bond donors (Lipinski definition) is 1. The number of anilines is 1. The zero-order chi connectivity index (χ0) is 9.68. The van der Waals surface area contributed by atoms with Gasteiger partial charge < -0.3 is 5.32 Å². The molecule has 13 heavy (non-hydrogen) atoms. The Hall–Kier alpha value is -2.08. The van der Waals surface area contributed by atoms with Gasteiger partial charge >= 0.3 is 5.91 Å². The lowest BCUT2D eigenvalue weighted by molar-refractivity contribution is -0.111. The van der Waals surface area contributed by atoms with Crippen molar-refractivity contribution in [2.75, 3.05) is 5.32 Å². The average molecular weight is 172 g/mol. The lowest BCUT2D eigenvalue weighted by atomic mass is 10.2. The van der Waals surface area contributed by atoms with Crippen molar-refractivity contribution < 1.29 is 4.79 Å². The van der Waals surface area contributed by atoms with E-state index in [0.717, 1.165) is 5.56 Å². The minimum atomic E-state index is -0.672. The van der Waals surface area contributed by atoms with Crippen LogP contribution in [0.5, 0.6) is 0 Å². The molecule has 0 unspecified atom stereocenters. The summed E-state index contributed by atoms with van der Waals surface area (Å²) >= 11 is 0. The molecule has 0 spiro atoms. The summed E-state index contributed by atoms with van der Waals surface area (Å²) in [6, 6.07) is 8.61. The number of nitrogens with one attached hydrogen (secondary N) is 1. The first-order chi connectivity index (χ1) is 6.27. The third kappa shape index (κ3) is 2.17. The number of carbonyl (C=O) groups excluding carboxylic acids is 1. The van der Waals surface area contributed by atoms with E-state index in [1.165, 1.54) is 6.07 Å². The molecule has 0 aliphatic rings. The number of nitriles is 1. The van der Waals surface area contributed by atoms with Gasteiger partial charge in [-0.05, 0) is 11.6 Å². The molecule has 0 saturated heterocycles. The Bertz CT molecular complexity index is 377.